The molecule has 2 aromatic carbocycles. The number of thiophene rings is 1. The number of nitrogens with one attached hydrogen (secondary N) is 1. The molecule has 5 rings (SSSR count). The summed E-state index contributed by atoms with van der Waals surface area (Å²) in [6.45, 7) is 6.10. The van der Waals surface area contributed by atoms with Gasteiger partial charge in [0, 0.05) is 16.7 Å². The Bertz CT molecular complexity index is 1350. The Kier molecular flexibility index (Phi) is 4.94. The fourth-order valence-corrected chi connectivity index (χ4v) is 5.12. The number of anilines is 1. The molecule has 166 valence electrons. The molecular weight excluding hydrogens is 434 g/mol. The highest BCUT2D eigenvalue weighted by Crippen LogP contribution is 2.46. The maximum Gasteiger partial charge on any atom is 0.336 e. The van der Waals surface area contributed by atoms with E-state index >= 15 is 0 Å². The van der Waals surface area contributed by atoms with Crippen molar-refractivity contribution in [2.75, 3.05) is 4.90 Å². The van der Waals surface area contributed by atoms with Crippen LogP contribution < -0.4 is 4.90 Å². The van der Waals surface area contributed by atoms with Crippen molar-refractivity contribution < 1.29 is 14.7 Å². The van der Waals surface area contributed by atoms with Crippen LogP contribution in [0.4, 0.5) is 5.69 Å². The van der Waals surface area contributed by atoms with E-state index < -0.39 is 12.0 Å². The molecule has 7 heteroatoms. The largest absolute Gasteiger partial charge is 0.478 e. The van der Waals surface area contributed by atoms with E-state index in [1.165, 1.54) is 0 Å². The summed E-state index contributed by atoms with van der Waals surface area (Å²) in [4.78, 5) is 27.4. The normalized spacial score (nSPS) is 15.7. The Labute approximate surface area is 195 Å². The van der Waals surface area contributed by atoms with Gasteiger partial charge in [-0.1, -0.05) is 51.1 Å². The van der Waals surface area contributed by atoms with Crippen LogP contribution in [0.25, 0.3) is 11.1 Å². The maximum absolute atomic E-state index is 13.6. The zero-order valence-electron chi connectivity index (χ0n) is 18.5. The fraction of sp³-hybridized carbons (Fsp3) is 0.192. The molecule has 0 radical (unpaired) electrons. The SMILES string of the molecule is CC(C)(C)c1n[nH]c2c1C(c1ccccc1C(=O)O)N(c1ccc(-c3ccsc3)cc1)C2=O. The predicted molar refractivity (Wildman–Crippen MR) is 129 cm³/mol. The number of hydrogen-bond donors (Lipinski definition) is 2. The minimum absolute atomic E-state index is 0.170. The molecule has 0 aliphatic carbocycles. The Morgan fingerprint density at radius 2 is 1.79 bits per heavy atom. The molecule has 2 aromatic heterocycles. The van der Waals surface area contributed by atoms with Gasteiger partial charge in [0.1, 0.15) is 5.69 Å². The lowest BCUT2D eigenvalue weighted by Crippen LogP contribution is -2.31. The number of aromatic amines is 1. The maximum atomic E-state index is 13.6. The summed E-state index contributed by atoms with van der Waals surface area (Å²) in [5.41, 5.74) is 5.19. The van der Waals surface area contributed by atoms with Crippen LogP contribution >= 0.6 is 11.3 Å². The number of amides is 1. The van der Waals surface area contributed by atoms with Crippen molar-refractivity contribution in [1.29, 1.82) is 0 Å². The number of hydrogen-bond acceptors (Lipinski definition) is 4. The van der Waals surface area contributed by atoms with E-state index in [0.717, 1.165) is 22.4 Å². The molecule has 33 heavy (non-hydrogen) atoms. The van der Waals surface area contributed by atoms with E-state index in [1.807, 2.05) is 50.4 Å². The number of rotatable bonds is 4. The van der Waals surface area contributed by atoms with E-state index in [2.05, 4.69) is 21.6 Å². The van der Waals surface area contributed by atoms with E-state index in [1.54, 1.807) is 40.5 Å². The summed E-state index contributed by atoms with van der Waals surface area (Å²) in [6, 6.07) is 16.1. The predicted octanol–water partition coefficient (Wildman–Crippen LogP) is 5.88. The first-order valence-corrected chi connectivity index (χ1v) is 11.6. The third-order valence-electron chi connectivity index (χ3n) is 5.96. The number of carbonyl (C=O) groups is 2. The van der Waals surface area contributed by atoms with Gasteiger partial charge in [0.15, 0.2) is 0 Å². The number of benzene rings is 2. The minimum atomic E-state index is -1.03. The highest BCUT2D eigenvalue weighted by molar-refractivity contribution is 7.08. The van der Waals surface area contributed by atoms with E-state index in [-0.39, 0.29) is 16.9 Å². The molecule has 0 fully saturated rings. The van der Waals surface area contributed by atoms with Gasteiger partial charge in [-0.25, -0.2) is 4.79 Å². The average molecular weight is 458 g/mol. The van der Waals surface area contributed by atoms with Gasteiger partial charge >= 0.3 is 5.97 Å². The van der Waals surface area contributed by atoms with Gasteiger partial charge in [0.05, 0.1) is 17.3 Å². The molecule has 0 spiro atoms. The Hall–Kier alpha value is -3.71. The van der Waals surface area contributed by atoms with Crippen molar-refractivity contribution in [2.45, 2.75) is 32.2 Å². The van der Waals surface area contributed by atoms with Crippen LogP contribution in [0.5, 0.6) is 0 Å². The Morgan fingerprint density at radius 3 is 2.42 bits per heavy atom. The van der Waals surface area contributed by atoms with E-state index in [0.29, 0.717) is 16.9 Å². The van der Waals surface area contributed by atoms with Gasteiger partial charge in [-0.2, -0.15) is 16.4 Å². The Morgan fingerprint density at radius 1 is 1.06 bits per heavy atom. The zero-order chi connectivity index (χ0) is 23.3. The molecule has 1 unspecified atom stereocenters. The topological polar surface area (TPSA) is 86.3 Å². The number of carboxylic acids is 1. The minimum Gasteiger partial charge on any atom is -0.478 e. The molecule has 0 bridgehead atoms. The molecule has 0 saturated carbocycles. The van der Waals surface area contributed by atoms with Crippen LogP contribution in [0.1, 0.15) is 64.5 Å². The summed E-state index contributed by atoms with van der Waals surface area (Å²) in [6.07, 6.45) is 0. The molecule has 1 aliphatic rings. The first-order valence-electron chi connectivity index (χ1n) is 10.6. The number of H-pyrrole nitrogens is 1. The molecule has 2 N–H and O–H groups in total. The third-order valence-corrected chi connectivity index (χ3v) is 6.65. The lowest BCUT2D eigenvalue weighted by Gasteiger charge is -2.29. The lowest BCUT2D eigenvalue weighted by molar-refractivity contribution is 0.0694. The quantitative estimate of drug-likeness (QED) is 0.400. The highest BCUT2D eigenvalue weighted by Gasteiger charge is 2.45. The summed E-state index contributed by atoms with van der Waals surface area (Å²) in [7, 11) is 0. The molecule has 3 heterocycles. The van der Waals surface area contributed by atoms with Crippen LogP contribution in [0, 0.1) is 0 Å². The van der Waals surface area contributed by atoms with Gasteiger partial charge in [0.25, 0.3) is 5.91 Å². The fourth-order valence-electron chi connectivity index (χ4n) is 4.45. The number of carbonyl (C=O) groups excluding carboxylic acids is 1. The van der Waals surface area contributed by atoms with Crippen molar-refractivity contribution in [3.05, 3.63) is 93.4 Å². The van der Waals surface area contributed by atoms with Crippen LogP contribution in [-0.2, 0) is 5.41 Å². The van der Waals surface area contributed by atoms with Crippen LogP contribution in [0.2, 0.25) is 0 Å². The van der Waals surface area contributed by atoms with Crippen molar-refractivity contribution >= 4 is 28.9 Å². The van der Waals surface area contributed by atoms with Crippen molar-refractivity contribution in [2.24, 2.45) is 0 Å². The molecule has 0 saturated heterocycles. The number of aromatic carboxylic acids is 1. The van der Waals surface area contributed by atoms with Gasteiger partial charge in [-0.05, 0) is 51.7 Å². The standard InChI is InChI=1S/C26H23N3O3S/c1-26(2,3)23-20-21(27-28-23)24(30)29(22(20)18-6-4-5-7-19(18)25(31)32)17-10-8-15(9-11-17)16-12-13-33-14-16/h4-14,22H,1-3H3,(H,27,28)(H,31,32). The van der Waals surface area contributed by atoms with Crippen LogP contribution in [0.3, 0.4) is 0 Å². The molecule has 1 aliphatic heterocycles. The third kappa shape index (κ3) is 3.45. The van der Waals surface area contributed by atoms with E-state index in [9.17, 15) is 14.7 Å². The smallest absolute Gasteiger partial charge is 0.336 e. The van der Waals surface area contributed by atoms with Gasteiger partial charge in [-0.3, -0.25) is 14.8 Å². The van der Waals surface area contributed by atoms with Gasteiger partial charge in [0.2, 0.25) is 0 Å². The summed E-state index contributed by atoms with van der Waals surface area (Å²) < 4.78 is 0. The zero-order valence-corrected chi connectivity index (χ0v) is 19.3. The second kappa shape index (κ2) is 7.71. The first kappa shape index (κ1) is 21.2. The van der Waals surface area contributed by atoms with Crippen LogP contribution in [-0.4, -0.2) is 27.2 Å². The summed E-state index contributed by atoms with van der Waals surface area (Å²) >= 11 is 1.63. The summed E-state index contributed by atoms with van der Waals surface area (Å²) in [5, 5.41) is 21.4. The van der Waals surface area contributed by atoms with Crippen molar-refractivity contribution in [3.63, 3.8) is 0 Å². The number of aromatic nitrogens is 2. The second-order valence-corrected chi connectivity index (χ2v) is 9.92. The number of carboxylic acid groups (broad SMARTS) is 1. The molecule has 6 nitrogen and oxygen atoms in total. The highest BCUT2D eigenvalue weighted by atomic mass is 32.1. The average Bonchev–Trinajstić information content (AvgIpc) is 3.51. The molecule has 4 aromatic rings. The lowest BCUT2D eigenvalue weighted by atomic mass is 9.84. The van der Waals surface area contributed by atoms with Gasteiger partial charge in [-0.15, -0.1) is 0 Å². The van der Waals surface area contributed by atoms with Crippen molar-refractivity contribution in [1.82, 2.24) is 10.2 Å². The Balaban J connectivity index is 1.70. The van der Waals surface area contributed by atoms with E-state index in [4.69, 9.17) is 0 Å². The molecule has 1 amide bonds. The summed E-state index contributed by atoms with van der Waals surface area (Å²) in [5.74, 6) is -1.25. The monoisotopic (exact) mass is 457 g/mol. The number of fused-ring (bicyclic) bond motifs is 1. The first-order chi connectivity index (χ1) is 15.8. The number of nitrogens with zero attached hydrogens (tertiary/aromatic N) is 2. The van der Waals surface area contributed by atoms with Gasteiger partial charge < -0.3 is 5.11 Å². The molecule has 1 atom stereocenters. The molecular formula is C26H23N3O3S. The van der Waals surface area contributed by atoms with Crippen molar-refractivity contribution in [3.8, 4) is 11.1 Å². The van der Waals surface area contributed by atoms with Crippen LogP contribution in [0.15, 0.2) is 65.4 Å². The second-order valence-electron chi connectivity index (χ2n) is 9.14.